The first kappa shape index (κ1) is 20.8. The Labute approximate surface area is 165 Å². The van der Waals surface area contributed by atoms with Crippen LogP contribution in [0.5, 0.6) is 0 Å². The molecule has 2 rings (SSSR count). The van der Waals surface area contributed by atoms with Crippen molar-refractivity contribution in [2.75, 3.05) is 10.6 Å². The fourth-order valence-corrected chi connectivity index (χ4v) is 2.39. The van der Waals surface area contributed by atoms with Crippen molar-refractivity contribution in [1.82, 2.24) is 0 Å². The van der Waals surface area contributed by atoms with Crippen LogP contribution in [0.3, 0.4) is 0 Å². The maximum absolute atomic E-state index is 12.2. The molecular weight excluding hydrogens is 386 g/mol. The van der Waals surface area contributed by atoms with Gasteiger partial charge in [0.25, 0.3) is 11.6 Å². The molecule has 2 N–H and O–H groups in total. The molecule has 0 aliphatic rings. The van der Waals surface area contributed by atoms with E-state index in [9.17, 15) is 24.5 Å². The first-order valence-electron chi connectivity index (χ1n) is 8.03. The molecule has 2 aromatic rings. The van der Waals surface area contributed by atoms with Crippen molar-refractivity contribution < 1.29 is 19.3 Å². The van der Waals surface area contributed by atoms with E-state index in [2.05, 4.69) is 10.6 Å². The highest BCUT2D eigenvalue weighted by Crippen LogP contribution is 2.26. The van der Waals surface area contributed by atoms with Crippen LogP contribution < -0.4 is 10.6 Å². The number of amides is 2. The van der Waals surface area contributed by atoms with Crippen molar-refractivity contribution >= 4 is 46.3 Å². The van der Waals surface area contributed by atoms with Gasteiger partial charge >= 0.3 is 0 Å². The van der Waals surface area contributed by atoms with Crippen LogP contribution in [0.4, 0.5) is 17.1 Å². The van der Waals surface area contributed by atoms with Crippen molar-refractivity contribution in [3.05, 3.63) is 74.8 Å². The summed E-state index contributed by atoms with van der Waals surface area (Å²) in [5, 5.41) is 15.8. The van der Waals surface area contributed by atoms with Crippen molar-refractivity contribution in [1.29, 1.82) is 0 Å². The van der Waals surface area contributed by atoms with Crippen molar-refractivity contribution in [2.45, 2.75) is 13.8 Å². The Morgan fingerprint density at radius 1 is 1.04 bits per heavy atom. The molecule has 0 saturated carbocycles. The number of benzene rings is 2. The van der Waals surface area contributed by atoms with Gasteiger partial charge in [-0.1, -0.05) is 11.6 Å². The number of non-ortho nitro benzene ring substituents is 1. The Kier molecular flexibility index (Phi) is 6.62. The second kappa shape index (κ2) is 8.92. The highest BCUT2D eigenvalue weighted by molar-refractivity contribution is 6.34. The van der Waals surface area contributed by atoms with Crippen LogP contribution in [0.15, 0.2) is 54.1 Å². The highest BCUT2D eigenvalue weighted by Gasteiger charge is 2.13. The van der Waals surface area contributed by atoms with E-state index in [0.29, 0.717) is 11.3 Å². The number of carbonyl (C=O) groups is 3. The van der Waals surface area contributed by atoms with Gasteiger partial charge in [-0.25, -0.2) is 0 Å². The van der Waals surface area contributed by atoms with Crippen molar-refractivity contribution in [3.8, 4) is 0 Å². The normalized spacial score (nSPS) is 10.9. The first-order valence-corrected chi connectivity index (χ1v) is 8.40. The summed E-state index contributed by atoms with van der Waals surface area (Å²) < 4.78 is 0. The number of nitro benzene ring substituents is 1. The zero-order valence-electron chi connectivity index (χ0n) is 15.0. The van der Waals surface area contributed by atoms with Crippen LogP contribution in [-0.4, -0.2) is 22.5 Å². The zero-order chi connectivity index (χ0) is 20.8. The van der Waals surface area contributed by atoms with Gasteiger partial charge in [0, 0.05) is 35.0 Å². The maximum atomic E-state index is 12.2. The van der Waals surface area contributed by atoms with Gasteiger partial charge in [0.15, 0.2) is 5.78 Å². The van der Waals surface area contributed by atoms with E-state index in [0.717, 1.165) is 12.1 Å². The van der Waals surface area contributed by atoms with E-state index in [4.69, 9.17) is 11.6 Å². The summed E-state index contributed by atoms with van der Waals surface area (Å²) in [6, 6.07) is 9.95. The number of nitro groups is 1. The number of ketones is 1. The van der Waals surface area contributed by atoms with Crippen molar-refractivity contribution in [2.24, 2.45) is 0 Å². The highest BCUT2D eigenvalue weighted by atomic mass is 35.5. The zero-order valence-corrected chi connectivity index (χ0v) is 15.7. The Bertz CT molecular complexity index is 984. The number of hydrogen-bond acceptors (Lipinski definition) is 5. The lowest BCUT2D eigenvalue weighted by Crippen LogP contribution is -2.16. The predicted molar refractivity (Wildman–Crippen MR) is 106 cm³/mol. The van der Waals surface area contributed by atoms with Crippen LogP contribution >= 0.6 is 11.6 Å². The molecule has 0 spiro atoms. The second-order valence-electron chi connectivity index (χ2n) is 5.83. The Hall–Kier alpha value is -3.52. The monoisotopic (exact) mass is 401 g/mol. The van der Waals surface area contributed by atoms with E-state index in [1.165, 1.54) is 26.0 Å². The minimum atomic E-state index is -0.601. The minimum Gasteiger partial charge on any atom is -0.323 e. The van der Waals surface area contributed by atoms with Crippen LogP contribution in [0, 0.1) is 10.1 Å². The summed E-state index contributed by atoms with van der Waals surface area (Å²) in [6.07, 6.45) is 1.10. The lowest BCUT2D eigenvalue weighted by atomic mass is 10.1. The molecular formula is C19H16ClN3O5. The third kappa shape index (κ3) is 5.49. The quantitative estimate of drug-likeness (QED) is 0.328. The van der Waals surface area contributed by atoms with Gasteiger partial charge in [0.05, 0.1) is 15.6 Å². The molecule has 0 radical (unpaired) electrons. The van der Waals surface area contributed by atoms with E-state index in [1.54, 1.807) is 24.3 Å². The van der Waals surface area contributed by atoms with E-state index < -0.39 is 16.7 Å². The number of nitrogens with one attached hydrogen (secondary N) is 2. The third-order valence-corrected chi connectivity index (χ3v) is 3.99. The number of hydrogen-bond donors (Lipinski definition) is 2. The standard InChI is InChI=1S/C19H16ClN3O5/c1-11(9-18(25)21-14-5-3-13(4-6-14)12(2)24)19(26)22-17-8-7-15(23(27)28)10-16(17)20/h3-10H,1-2H3,(H,21,25)(H,22,26)/b11-9-. The Morgan fingerprint density at radius 2 is 1.68 bits per heavy atom. The van der Waals surface area contributed by atoms with Gasteiger partial charge in [0.2, 0.25) is 5.91 Å². The smallest absolute Gasteiger partial charge is 0.271 e. The first-order chi connectivity index (χ1) is 13.2. The molecule has 2 aromatic carbocycles. The van der Waals surface area contributed by atoms with Crippen LogP contribution in [0.2, 0.25) is 5.02 Å². The predicted octanol–water partition coefficient (Wildman–Crippen LogP) is 3.97. The molecule has 8 nitrogen and oxygen atoms in total. The number of nitrogens with zero attached hydrogens (tertiary/aromatic N) is 1. The van der Waals surface area contributed by atoms with Gasteiger partial charge in [-0.05, 0) is 44.2 Å². The van der Waals surface area contributed by atoms with Crippen molar-refractivity contribution in [3.63, 3.8) is 0 Å². The van der Waals surface area contributed by atoms with Gasteiger partial charge in [-0.15, -0.1) is 0 Å². The van der Waals surface area contributed by atoms with Gasteiger partial charge in [-0.2, -0.15) is 0 Å². The second-order valence-corrected chi connectivity index (χ2v) is 6.23. The summed E-state index contributed by atoms with van der Waals surface area (Å²) in [7, 11) is 0. The molecule has 144 valence electrons. The molecule has 0 unspecified atom stereocenters. The van der Waals surface area contributed by atoms with Crippen LogP contribution in [-0.2, 0) is 9.59 Å². The molecule has 0 saturated heterocycles. The van der Waals surface area contributed by atoms with Crippen LogP contribution in [0.1, 0.15) is 24.2 Å². The van der Waals surface area contributed by atoms with Gasteiger partial charge in [0.1, 0.15) is 0 Å². The molecule has 2 amide bonds. The van der Waals surface area contributed by atoms with Gasteiger partial charge < -0.3 is 10.6 Å². The molecule has 0 fully saturated rings. The SMILES string of the molecule is CC(=O)c1ccc(NC(=O)/C=C(/C)C(=O)Nc2ccc([N+](=O)[O-])cc2Cl)cc1. The molecule has 28 heavy (non-hydrogen) atoms. The summed E-state index contributed by atoms with van der Waals surface area (Å²) in [4.78, 5) is 45.6. The topological polar surface area (TPSA) is 118 Å². The molecule has 0 heterocycles. The van der Waals surface area contributed by atoms with E-state index in [-0.39, 0.29) is 27.8 Å². The summed E-state index contributed by atoms with van der Waals surface area (Å²) in [5.41, 5.74) is 1.07. The molecule has 0 atom stereocenters. The summed E-state index contributed by atoms with van der Waals surface area (Å²) in [5.74, 6) is -1.20. The molecule has 9 heteroatoms. The average Bonchev–Trinajstić information content (AvgIpc) is 2.63. The Balaban J connectivity index is 2.03. The fourth-order valence-electron chi connectivity index (χ4n) is 2.17. The number of carbonyl (C=O) groups excluding carboxylic acids is 3. The van der Waals surface area contributed by atoms with Gasteiger partial charge in [-0.3, -0.25) is 24.5 Å². The fraction of sp³-hybridized carbons (Fsp3) is 0.105. The number of Topliss-reactive ketones (excluding diaryl/α,β-unsaturated/α-hetero) is 1. The maximum Gasteiger partial charge on any atom is 0.271 e. The average molecular weight is 402 g/mol. The summed E-state index contributed by atoms with van der Waals surface area (Å²) >= 11 is 5.93. The summed E-state index contributed by atoms with van der Waals surface area (Å²) in [6.45, 7) is 2.88. The molecule has 0 aliphatic carbocycles. The van der Waals surface area contributed by atoms with Crippen LogP contribution in [0.25, 0.3) is 0 Å². The number of anilines is 2. The Morgan fingerprint density at radius 3 is 2.21 bits per heavy atom. The molecule has 0 aliphatic heterocycles. The largest absolute Gasteiger partial charge is 0.323 e. The van der Waals surface area contributed by atoms with E-state index in [1.807, 2.05) is 0 Å². The minimum absolute atomic E-state index is 0.00497. The lowest BCUT2D eigenvalue weighted by Gasteiger charge is -2.08. The molecule has 0 aromatic heterocycles. The molecule has 0 bridgehead atoms. The number of halogens is 1. The third-order valence-electron chi connectivity index (χ3n) is 3.68. The number of rotatable bonds is 6. The van der Waals surface area contributed by atoms with E-state index >= 15 is 0 Å². The lowest BCUT2D eigenvalue weighted by molar-refractivity contribution is -0.384.